The van der Waals surface area contributed by atoms with Crippen LogP contribution in [0.3, 0.4) is 0 Å². The van der Waals surface area contributed by atoms with Crippen molar-refractivity contribution in [3.8, 4) is 0 Å². The highest BCUT2D eigenvalue weighted by atomic mass is 19.4. The van der Waals surface area contributed by atoms with E-state index in [1.165, 1.54) is 12.1 Å². The van der Waals surface area contributed by atoms with Crippen molar-refractivity contribution in [1.29, 1.82) is 0 Å². The third-order valence-electron chi connectivity index (χ3n) is 6.11. The Balaban J connectivity index is 1.45. The molecule has 0 aliphatic heterocycles. The van der Waals surface area contributed by atoms with E-state index < -0.39 is 11.7 Å². The number of hydrogen-bond donors (Lipinski definition) is 3. The number of alkyl halides is 3. The van der Waals surface area contributed by atoms with Crippen LogP contribution < -0.4 is 10.6 Å². The summed E-state index contributed by atoms with van der Waals surface area (Å²) in [6.07, 6.45) is 2.67. The standard InChI is InChI=1S/C29H29F3N6O/c30-29(31,32)23-13-11-21(12-14-23)25(26-10-4-5-16-34-26)15-18-36-28(35-17-6-9-24-19-33-20-37-24)38-27(39)22-7-2-1-3-8-22/h1-5,7-8,10-14,16,19-20,25H,6,9,15,17-18H2,(H,33,37)(H2,35,36,38,39). The molecule has 2 aromatic carbocycles. The summed E-state index contributed by atoms with van der Waals surface area (Å²) in [5, 5.41) is 6.05. The molecule has 0 aliphatic carbocycles. The van der Waals surface area contributed by atoms with E-state index in [0.717, 1.165) is 41.9 Å². The number of rotatable bonds is 10. The number of aryl methyl sites for hydroxylation is 1. The number of amides is 1. The number of benzene rings is 2. The van der Waals surface area contributed by atoms with Crippen molar-refractivity contribution >= 4 is 11.9 Å². The van der Waals surface area contributed by atoms with Crippen LogP contribution in [0, 0.1) is 0 Å². The first-order valence-corrected chi connectivity index (χ1v) is 12.6. The SMILES string of the molecule is O=C(NC(=NCCCc1cnc[nH]1)NCCC(c1ccc(C(F)(F)F)cc1)c1ccccn1)c1ccccc1. The van der Waals surface area contributed by atoms with Crippen molar-refractivity contribution in [2.45, 2.75) is 31.4 Å². The zero-order chi connectivity index (χ0) is 27.5. The highest BCUT2D eigenvalue weighted by Gasteiger charge is 2.30. The van der Waals surface area contributed by atoms with Gasteiger partial charge in [-0.3, -0.25) is 20.1 Å². The molecule has 0 radical (unpaired) electrons. The molecule has 202 valence electrons. The minimum absolute atomic E-state index is 0.257. The van der Waals surface area contributed by atoms with E-state index in [4.69, 9.17) is 0 Å². The Labute approximate surface area is 224 Å². The van der Waals surface area contributed by atoms with Gasteiger partial charge in [0.15, 0.2) is 5.96 Å². The van der Waals surface area contributed by atoms with Crippen LogP contribution in [0.4, 0.5) is 13.2 Å². The number of guanidine groups is 1. The minimum atomic E-state index is -4.40. The molecule has 0 saturated heterocycles. The molecule has 4 rings (SSSR count). The Hall–Kier alpha value is -4.47. The Morgan fingerprint density at radius 3 is 2.44 bits per heavy atom. The van der Waals surface area contributed by atoms with Crippen LogP contribution in [0.2, 0.25) is 0 Å². The summed E-state index contributed by atoms with van der Waals surface area (Å²) in [5.74, 6) is -0.215. The summed E-state index contributed by atoms with van der Waals surface area (Å²) < 4.78 is 39.3. The maximum Gasteiger partial charge on any atom is 0.416 e. The summed E-state index contributed by atoms with van der Waals surface area (Å²) in [5.41, 5.74) is 2.26. The smallest absolute Gasteiger partial charge is 0.356 e. The third kappa shape index (κ3) is 8.26. The van der Waals surface area contributed by atoms with Gasteiger partial charge in [-0.05, 0) is 61.2 Å². The number of aromatic nitrogens is 3. The van der Waals surface area contributed by atoms with Gasteiger partial charge in [-0.15, -0.1) is 0 Å². The lowest BCUT2D eigenvalue weighted by Crippen LogP contribution is -2.42. The Kier molecular flexibility index (Phi) is 9.44. The number of carbonyl (C=O) groups excluding carboxylic acids is 1. The van der Waals surface area contributed by atoms with Crippen LogP contribution in [-0.2, 0) is 12.6 Å². The molecular formula is C29H29F3N6O. The maximum absolute atomic E-state index is 13.1. The maximum atomic E-state index is 13.1. The highest BCUT2D eigenvalue weighted by molar-refractivity contribution is 6.05. The zero-order valence-electron chi connectivity index (χ0n) is 21.2. The fourth-order valence-electron chi connectivity index (χ4n) is 4.10. The molecule has 3 N–H and O–H groups in total. The summed E-state index contributed by atoms with van der Waals surface area (Å²) in [4.78, 5) is 28.9. The topological polar surface area (TPSA) is 95.1 Å². The van der Waals surface area contributed by atoms with Gasteiger partial charge in [-0.1, -0.05) is 36.4 Å². The largest absolute Gasteiger partial charge is 0.416 e. The van der Waals surface area contributed by atoms with Gasteiger partial charge in [-0.25, -0.2) is 4.98 Å². The number of nitrogens with one attached hydrogen (secondary N) is 3. The Morgan fingerprint density at radius 1 is 1.00 bits per heavy atom. The average molecular weight is 535 g/mol. The molecule has 0 aliphatic rings. The molecule has 10 heteroatoms. The van der Waals surface area contributed by atoms with Crippen LogP contribution >= 0.6 is 0 Å². The van der Waals surface area contributed by atoms with Gasteiger partial charge < -0.3 is 10.3 Å². The van der Waals surface area contributed by atoms with E-state index in [1.807, 2.05) is 18.2 Å². The molecule has 0 bridgehead atoms. The van der Waals surface area contributed by atoms with Gasteiger partial charge in [0.2, 0.25) is 0 Å². The summed E-state index contributed by atoms with van der Waals surface area (Å²) in [7, 11) is 0. The van der Waals surface area contributed by atoms with Crippen molar-refractivity contribution in [2.24, 2.45) is 4.99 Å². The van der Waals surface area contributed by atoms with Crippen LogP contribution in [0.5, 0.6) is 0 Å². The molecule has 4 aromatic rings. The van der Waals surface area contributed by atoms with Gasteiger partial charge >= 0.3 is 6.18 Å². The van der Waals surface area contributed by atoms with E-state index in [-0.39, 0.29) is 11.8 Å². The minimum Gasteiger partial charge on any atom is -0.356 e. The molecule has 7 nitrogen and oxygen atoms in total. The van der Waals surface area contributed by atoms with Crippen LogP contribution in [0.15, 0.2) is 96.5 Å². The molecular weight excluding hydrogens is 505 g/mol. The molecule has 2 heterocycles. The second-order valence-electron chi connectivity index (χ2n) is 8.87. The number of nitrogens with zero attached hydrogens (tertiary/aromatic N) is 3. The molecule has 1 amide bonds. The summed E-state index contributed by atoms with van der Waals surface area (Å²) >= 11 is 0. The fraction of sp³-hybridized carbons (Fsp3) is 0.241. The second kappa shape index (κ2) is 13.4. The zero-order valence-corrected chi connectivity index (χ0v) is 21.2. The van der Waals surface area contributed by atoms with E-state index in [9.17, 15) is 18.0 Å². The Morgan fingerprint density at radius 2 is 1.77 bits per heavy atom. The predicted octanol–water partition coefficient (Wildman–Crippen LogP) is 5.35. The van der Waals surface area contributed by atoms with Crippen LogP contribution in [0.1, 0.15) is 51.6 Å². The lowest BCUT2D eigenvalue weighted by Gasteiger charge is -2.19. The first kappa shape index (κ1) is 27.6. The molecule has 2 aromatic heterocycles. The first-order valence-electron chi connectivity index (χ1n) is 12.6. The number of aliphatic imine (C=N–C) groups is 1. The summed E-state index contributed by atoms with van der Waals surface area (Å²) in [6.45, 7) is 0.871. The predicted molar refractivity (Wildman–Crippen MR) is 143 cm³/mol. The number of imidazole rings is 1. The van der Waals surface area contributed by atoms with Crippen molar-refractivity contribution in [3.63, 3.8) is 0 Å². The monoisotopic (exact) mass is 534 g/mol. The van der Waals surface area contributed by atoms with Gasteiger partial charge in [0.1, 0.15) is 0 Å². The van der Waals surface area contributed by atoms with Crippen molar-refractivity contribution in [1.82, 2.24) is 25.6 Å². The van der Waals surface area contributed by atoms with Gasteiger partial charge in [-0.2, -0.15) is 13.2 Å². The quantitative estimate of drug-likeness (QED) is 0.145. The molecule has 1 unspecified atom stereocenters. The molecule has 39 heavy (non-hydrogen) atoms. The normalized spacial score (nSPS) is 12.6. The number of aromatic amines is 1. The van der Waals surface area contributed by atoms with Crippen molar-refractivity contribution < 1.29 is 18.0 Å². The van der Waals surface area contributed by atoms with E-state index in [1.54, 1.807) is 49.1 Å². The number of halogens is 3. The van der Waals surface area contributed by atoms with Crippen LogP contribution in [0.25, 0.3) is 0 Å². The third-order valence-corrected chi connectivity index (χ3v) is 6.11. The second-order valence-corrected chi connectivity index (χ2v) is 8.87. The average Bonchev–Trinajstić information content (AvgIpc) is 3.47. The van der Waals surface area contributed by atoms with Crippen molar-refractivity contribution in [3.05, 3.63) is 120 Å². The molecule has 0 spiro atoms. The van der Waals surface area contributed by atoms with Gasteiger partial charge in [0, 0.05) is 48.4 Å². The molecule has 0 saturated carbocycles. The fourth-order valence-corrected chi connectivity index (χ4v) is 4.10. The molecule has 0 fully saturated rings. The molecule has 1 atom stereocenters. The van der Waals surface area contributed by atoms with Crippen LogP contribution in [-0.4, -0.2) is 39.9 Å². The number of H-pyrrole nitrogens is 1. The highest BCUT2D eigenvalue weighted by Crippen LogP contribution is 2.32. The number of hydrogen-bond acceptors (Lipinski definition) is 4. The lowest BCUT2D eigenvalue weighted by molar-refractivity contribution is -0.137. The Bertz CT molecular complexity index is 1330. The number of carbonyl (C=O) groups is 1. The van der Waals surface area contributed by atoms with E-state index >= 15 is 0 Å². The number of pyridine rings is 1. The lowest BCUT2D eigenvalue weighted by atomic mass is 9.91. The van der Waals surface area contributed by atoms with Gasteiger partial charge in [0.05, 0.1) is 11.9 Å². The first-order chi connectivity index (χ1) is 18.9. The van der Waals surface area contributed by atoms with Crippen molar-refractivity contribution in [2.75, 3.05) is 13.1 Å². The van der Waals surface area contributed by atoms with E-state index in [2.05, 4.69) is 30.6 Å². The van der Waals surface area contributed by atoms with Gasteiger partial charge in [0.25, 0.3) is 5.91 Å². The summed E-state index contributed by atoms with van der Waals surface area (Å²) in [6, 6.07) is 19.5. The van der Waals surface area contributed by atoms with E-state index in [0.29, 0.717) is 31.0 Å².